The van der Waals surface area contributed by atoms with Crippen molar-refractivity contribution < 1.29 is 4.79 Å². The summed E-state index contributed by atoms with van der Waals surface area (Å²) in [6.45, 7) is 6.97. The van der Waals surface area contributed by atoms with Gasteiger partial charge in [-0.05, 0) is 12.3 Å². The van der Waals surface area contributed by atoms with Crippen LogP contribution < -0.4 is 11.1 Å². The number of rotatable bonds is 7. The summed E-state index contributed by atoms with van der Waals surface area (Å²) >= 11 is 0. The summed E-state index contributed by atoms with van der Waals surface area (Å²) in [6.07, 6.45) is 4.34. The van der Waals surface area contributed by atoms with Crippen LogP contribution in [0.4, 0.5) is 0 Å². The van der Waals surface area contributed by atoms with E-state index in [0.29, 0.717) is 0 Å². The second-order valence-corrected chi connectivity index (χ2v) is 3.91. The molecule has 0 rings (SSSR count). The monoisotopic (exact) mass is 236 g/mol. The molecule has 15 heavy (non-hydrogen) atoms. The first-order valence-electron chi connectivity index (χ1n) is 5.66. The molecule has 0 saturated heterocycles. The molecule has 92 valence electrons. The fourth-order valence-corrected chi connectivity index (χ4v) is 1.22. The van der Waals surface area contributed by atoms with Crippen molar-refractivity contribution in [2.75, 3.05) is 6.54 Å². The van der Waals surface area contributed by atoms with Gasteiger partial charge in [0.2, 0.25) is 5.91 Å². The van der Waals surface area contributed by atoms with Crippen molar-refractivity contribution in [1.82, 2.24) is 5.32 Å². The summed E-state index contributed by atoms with van der Waals surface area (Å²) < 4.78 is 0. The van der Waals surface area contributed by atoms with Crippen molar-refractivity contribution in [2.45, 2.75) is 52.5 Å². The number of halogens is 1. The average molecular weight is 237 g/mol. The number of hydrogen-bond donors (Lipinski definition) is 2. The number of unbranched alkanes of at least 4 members (excludes halogenated alkanes) is 2. The van der Waals surface area contributed by atoms with Gasteiger partial charge in [-0.1, -0.05) is 40.0 Å². The van der Waals surface area contributed by atoms with Gasteiger partial charge in [0.05, 0.1) is 6.04 Å². The first kappa shape index (κ1) is 17.1. The molecule has 0 aliphatic carbocycles. The van der Waals surface area contributed by atoms with Crippen LogP contribution in [0.5, 0.6) is 0 Å². The highest BCUT2D eigenvalue weighted by Gasteiger charge is 2.18. The molecule has 0 saturated carbocycles. The van der Waals surface area contributed by atoms with Crippen LogP contribution in [-0.2, 0) is 4.79 Å². The molecule has 0 fully saturated rings. The first-order valence-corrected chi connectivity index (χ1v) is 5.66. The minimum atomic E-state index is -0.346. The molecule has 2 atom stereocenters. The van der Waals surface area contributed by atoms with Crippen LogP contribution in [0.3, 0.4) is 0 Å². The Hall–Kier alpha value is -0.280. The zero-order valence-electron chi connectivity index (χ0n) is 10.1. The average Bonchev–Trinajstić information content (AvgIpc) is 2.21. The van der Waals surface area contributed by atoms with E-state index in [9.17, 15) is 4.79 Å². The van der Waals surface area contributed by atoms with Crippen LogP contribution in [0.25, 0.3) is 0 Å². The summed E-state index contributed by atoms with van der Waals surface area (Å²) in [6, 6.07) is -0.346. The van der Waals surface area contributed by atoms with Crippen molar-refractivity contribution in [1.29, 1.82) is 0 Å². The molecule has 0 radical (unpaired) electrons. The van der Waals surface area contributed by atoms with Crippen LogP contribution >= 0.6 is 12.4 Å². The molecule has 4 heteroatoms. The molecular formula is C11H25ClN2O. The van der Waals surface area contributed by atoms with Crippen LogP contribution in [0.2, 0.25) is 0 Å². The molecule has 2 unspecified atom stereocenters. The number of carbonyl (C=O) groups excluding carboxylic acids is 1. The van der Waals surface area contributed by atoms with Gasteiger partial charge in [-0.25, -0.2) is 0 Å². The van der Waals surface area contributed by atoms with Crippen molar-refractivity contribution in [3.8, 4) is 0 Å². The molecule has 1 amide bonds. The Balaban J connectivity index is 0. The van der Waals surface area contributed by atoms with E-state index in [1.54, 1.807) is 0 Å². The minimum absolute atomic E-state index is 0. The molecule has 0 bridgehead atoms. The molecule has 0 heterocycles. The van der Waals surface area contributed by atoms with E-state index in [0.717, 1.165) is 19.4 Å². The van der Waals surface area contributed by atoms with Crippen molar-refractivity contribution in [3.05, 3.63) is 0 Å². The molecule has 0 aromatic heterocycles. The standard InChI is InChI=1S/C11H24N2O.ClH/c1-4-6-7-8-13-11(14)10(12)9(3)5-2;/h9-10H,4-8,12H2,1-3H3,(H,13,14);1H. The van der Waals surface area contributed by atoms with Crippen LogP contribution in [-0.4, -0.2) is 18.5 Å². The predicted molar refractivity (Wildman–Crippen MR) is 67.2 cm³/mol. The Morgan fingerprint density at radius 3 is 2.40 bits per heavy atom. The maximum absolute atomic E-state index is 11.5. The second-order valence-electron chi connectivity index (χ2n) is 3.91. The number of hydrogen-bond acceptors (Lipinski definition) is 2. The van der Waals surface area contributed by atoms with Gasteiger partial charge in [0.25, 0.3) is 0 Å². The van der Waals surface area contributed by atoms with Gasteiger partial charge in [0.15, 0.2) is 0 Å². The topological polar surface area (TPSA) is 55.1 Å². The predicted octanol–water partition coefficient (Wildman–Crippen LogP) is 2.09. The van der Waals surface area contributed by atoms with Gasteiger partial charge in [-0.15, -0.1) is 12.4 Å². The maximum atomic E-state index is 11.5. The van der Waals surface area contributed by atoms with E-state index in [4.69, 9.17) is 5.73 Å². The lowest BCUT2D eigenvalue weighted by atomic mass is 9.99. The Morgan fingerprint density at radius 2 is 1.93 bits per heavy atom. The molecule has 0 spiro atoms. The minimum Gasteiger partial charge on any atom is -0.355 e. The van der Waals surface area contributed by atoms with Crippen LogP contribution in [0.1, 0.15) is 46.5 Å². The summed E-state index contributed by atoms with van der Waals surface area (Å²) in [5.74, 6) is 0.261. The third kappa shape index (κ3) is 7.63. The Morgan fingerprint density at radius 1 is 1.33 bits per heavy atom. The van der Waals surface area contributed by atoms with Crippen molar-refractivity contribution >= 4 is 18.3 Å². The third-order valence-electron chi connectivity index (χ3n) is 2.64. The lowest BCUT2D eigenvalue weighted by molar-refractivity contribution is -0.123. The smallest absolute Gasteiger partial charge is 0.237 e. The van der Waals surface area contributed by atoms with Gasteiger partial charge < -0.3 is 11.1 Å². The summed E-state index contributed by atoms with van der Waals surface area (Å²) in [4.78, 5) is 11.5. The van der Waals surface area contributed by atoms with Gasteiger partial charge in [-0.3, -0.25) is 4.79 Å². The largest absolute Gasteiger partial charge is 0.355 e. The number of nitrogens with two attached hydrogens (primary N) is 1. The van der Waals surface area contributed by atoms with E-state index in [1.807, 2.05) is 6.92 Å². The van der Waals surface area contributed by atoms with E-state index in [1.165, 1.54) is 12.8 Å². The second kappa shape index (κ2) is 10.2. The highest BCUT2D eigenvalue weighted by molar-refractivity contribution is 5.85. The Labute approximate surface area is 99.6 Å². The lowest BCUT2D eigenvalue weighted by Crippen LogP contribution is -2.44. The van der Waals surface area contributed by atoms with E-state index >= 15 is 0 Å². The molecule has 3 N–H and O–H groups in total. The lowest BCUT2D eigenvalue weighted by Gasteiger charge is -2.17. The van der Waals surface area contributed by atoms with Crippen LogP contribution in [0, 0.1) is 5.92 Å². The van der Waals surface area contributed by atoms with Gasteiger partial charge >= 0.3 is 0 Å². The highest BCUT2D eigenvalue weighted by atomic mass is 35.5. The van der Waals surface area contributed by atoms with Gasteiger partial charge in [0.1, 0.15) is 0 Å². The van der Waals surface area contributed by atoms with Crippen molar-refractivity contribution in [2.24, 2.45) is 11.7 Å². The summed E-state index contributed by atoms with van der Waals surface area (Å²) in [5, 5.41) is 2.87. The highest BCUT2D eigenvalue weighted by Crippen LogP contribution is 2.04. The van der Waals surface area contributed by atoms with Gasteiger partial charge in [0, 0.05) is 6.54 Å². The van der Waals surface area contributed by atoms with Crippen LogP contribution in [0.15, 0.2) is 0 Å². The molecule has 0 aliphatic rings. The molecule has 0 aromatic rings. The quantitative estimate of drug-likeness (QED) is 0.665. The summed E-state index contributed by atoms with van der Waals surface area (Å²) in [7, 11) is 0. The van der Waals surface area contributed by atoms with E-state index < -0.39 is 0 Å². The van der Waals surface area contributed by atoms with E-state index in [2.05, 4.69) is 19.2 Å². The maximum Gasteiger partial charge on any atom is 0.237 e. The SMILES string of the molecule is CCCCCNC(=O)C(N)C(C)CC.Cl. The van der Waals surface area contributed by atoms with E-state index in [-0.39, 0.29) is 30.3 Å². The fraction of sp³-hybridized carbons (Fsp3) is 0.909. The number of amides is 1. The summed E-state index contributed by atoms with van der Waals surface area (Å²) in [5.41, 5.74) is 5.77. The normalized spacial score (nSPS) is 13.9. The molecular weight excluding hydrogens is 212 g/mol. The van der Waals surface area contributed by atoms with Gasteiger partial charge in [-0.2, -0.15) is 0 Å². The number of carbonyl (C=O) groups is 1. The molecule has 3 nitrogen and oxygen atoms in total. The first-order chi connectivity index (χ1) is 6.63. The zero-order valence-corrected chi connectivity index (χ0v) is 10.9. The zero-order chi connectivity index (χ0) is 11.0. The van der Waals surface area contributed by atoms with Crippen molar-refractivity contribution in [3.63, 3.8) is 0 Å². The third-order valence-corrected chi connectivity index (χ3v) is 2.64. The Kier molecular flexibility index (Phi) is 11.7. The molecule has 0 aromatic carbocycles. The fourth-order valence-electron chi connectivity index (χ4n) is 1.22. The Bertz CT molecular complexity index is 165. The number of nitrogens with one attached hydrogen (secondary N) is 1. The molecule has 0 aliphatic heterocycles.